The van der Waals surface area contributed by atoms with Crippen molar-refractivity contribution >= 4 is 21.5 Å². The van der Waals surface area contributed by atoms with Crippen molar-refractivity contribution in [3.05, 3.63) is 83.9 Å². The Bertz CT molecular complexity index is 1150. The summed E-state index contributed by atoms with van der Waals surface area (Å²) in [6.45, 7) is 13.7. The smallest absolute Gasteiger partial charge is 0.00267 e. The summed E-state index contributed by atoms with van der Waals surface area (Å²) in [5, 5.41) is 5.34. The molecule has 4 aromatic carbocycles. The minimum Gasteiger partial charge on any atom is -0.0616 e. The second-order valence-electron chi connectivity index (χ2n) is 9.95. The normalized spacial score (nSPS) is 12.6. The summed E-state index contributed by atoms with van der Waals surface area (Å²) in [6, 6.07) is 27.1. The summed E-state index contributed by atoms with van der Waals surface area (Å²) < 4.78 is 0. The van der Waals surface area contributed by atoms with Crippen molar-refractivity contribution in [1.29, 1.82) is 0 Å². The average Bonchev–Trinajstić information content (AvgIpc) is 2.64. The van der Waals surface area contributed by atoms with Gasteiger partial charge in [0.25, 0.3) is 0 Å². The van der Waals surface area contributed by atoms with Gasteiger partial charge in [-0.3, -0.25) is 0 Å². The van der Waals surface area contributed by atoms with E-state index in [0.29, 0.717) is 0 Å². The zero-order valence-electron chi connectivity index (χ0n) is 17.9. The van der Waals surface area contributed by atoms with Crippen molar-refractivity contribution in [3.63, 3.8) is 0 Å². The van der Waals surface area contributed by atoms with E-state index in [1.165, 1.54) is 43.8 Å². The van der Waals surface area contributed by atoms with Crippen molar-refractivity contribution in [2.45, 2.75) is 52.4 Å². The second kappa shape index (κ2) is 6.48. The molecule has 0 bridgehead atoms. The van der Waals surface area contributed by atoms with Gasteiger partial charge in [0.15, 0.2) is 0 Å². The van der Waals surface area contributed by atoms with Crippen LogP contribution < -0.4 is 0 Å². The molecule has 0 aliphatic rings. The van der Waals surface area contributed by atoms with Crippen LogP contribution in [0.5, 0.6) is 0 Å². The Morgan fingerprint density at radius 1 is 0.536 bits per heavy atom. The van der Waals surface area contributed by atoms with Crippen LogP contribution in [0.25, 0.3) is 32.7 Å². The molecule has 0 heteroatoms. The van der Waals surface area contributed by atoms with Gasteiger partial charge in [-0.1, -0.05) is 108 Å². The molecule has 0 aliphatic carbocycles. The molecule has 0 heterocycles. The van der Waals surface area contributed by atoms with Gasteiger partial charge in [0.1, 0.15) is 0 Å². The van der Waals surface area contributed by atoms with Crippen LogP contribution in [0.4, 0.5) is 0 Å². The van der Waals surface area contributed by atoms with Gasteiger partial charge in [0.05, 0.1) is 0 Å². The van der Waals surface area contributed by atoms with Crippen LogP contribution in [-0.2, 0) is 10.8 Å². The molecule has 0 unspecified atom stereocenters. The van der Waals surface area contributed by atoms with E-state index in [0.717, 1.165) is 0 Å². The van der Waals surface area contributed by atoms with Crippen LogP contribution in [-0.4, -0.2) is 0 Å². The zero-order chi connectivity index (χ0) is 20.1. The van der Waals surface area contributed by atoms with E-state index in [1.807, 2.05) is 0 Å². The van der Waals surface area contributed by atoms with Crippen molar-refractivity contribution in [1.82, 2.24) is 0 Å². The van der Waals surface area contributed by atoms with Crippen molar-refractivity contribution in [3.8, 4) is 11.1 Å². The van der Waals surface area contributed by atoms with Crippen LogP contribution in [0.1, 0.15) is 52.7 Å². The van der Waals surface area contributed by atoms with Gasteiger partial charge in [0, 0.05) is 0 Å². The molecule has 0 amide bonds. The summed E-state index contributed by atoms with van der Waals surface area (Å²) in [5.41, 5.74) is 5.69. The van der Waals surface area contributed by atoms with Crippen molar-refractivity contribution in [2.75, 3.05) is 0 Å². The third kappa shape index (κ3) is 3.22. The van der Waals surface area contributed by atoms with E-state index in [2.05, 4.69) is 114 Å². The lowest BCUT2D eigenvalue weighted by atomic mass is 9.81. The third-order valence-electron chi connectivity index (χ3n) is 5.75. The SMILES string of the molecule is CC(C)(C)c1ccc(-c2c3ccccc3cc3c(C(C)(C)C)cccc23)cc1. The number of hydrogen-bond acceptors (Lipinski definition) is 0. The largest absolute Gasteiger partial charge is 0.0616 e. The number of benzene rings is 4. The molecule has 0 saturated heterocycles. The maximum absolute atomic E-state index is 2.37. The monoisotopic (exact) mass is 366 g/mol. The molecule has 0 N–H and O–H groups in total. The standard InChI is InChI=1S/C28H30/c1-27(2,3)21-16-14-19(15-17-21)26-22-11-8-7-10-20(22)18-24-23(26)12-9-13-25(24)28(4,5)6/h7-18H,1-6H3. The Hall–Kier alpha value is -2.60. The number of hydrogen-bond donors (Lipinski definition) is 0. The fourth-order valence-electron chi connectivity index (χ4n) is 4.19. The van der Waals surface area contributed by atoms with Gasteiger partial charge in [0.2, 0.25) is 0 Å². The Kier molecular flexibility index (Phi) is 4.34. The number of fused-ring (bicyclic) bond motifs is 2. The molecule has 0 fully saturated rings. The lowest BCUT2D eigenvalue weighted by Crippen LogP contribution is -2.11. The highest BCUT2D eigenvalue weighted by Crippen LogP contribution is 2.40. The predicted octanol–water partition coefficient (Wildman–Crippen LogP) is 8.26. The second-order valence-corrected chi connectivity index (χ2v) is 9.95. The Morgan fingerprint density at radius 3 is 1.82 bits per heavy atom. The molecule has 0 radical (unpaired) electrons. The van der Waals surface area contributed by atoms with Gasteiger partial charge in [-0.25, -0.2) is 0 Å². The predicted molar refractivity (Wildman–Crippen MR) is 124 cm³/mol. The minimum absolute atomic E-state index is 0.106. The van der Waals surface area contributed by atoms with Gasteiger partial charge in [-0.2, -0.15) is 0 Å². The van der Waals surface area contributed by atoms with E-state index in [-0.39, 0.29) is 10.8 Å². The fraction of sp³-hybridized carbons (Fsp3) is 0.286. The molecule has 142 valence electrons. The Balaban J connectivity index is 2.08. The van der Waals surface area contributed by atoms with Crippen molar-refractivity contribution in [2.24, 2.45) is 0 Å². The summed E-state index contributed by atoms with van der Waals surface area (Å²) >= 11 is 0. The van der Waals surface area contributed by atoms with Crippen LogP contribution in [0.3, 0.4) is 0 Å². The summed E-state index contributed by atoms with van der Waals surface area (Å²) in [5.74, 6) is 0. The summed E-state index contributed by atoms with van der Waals surface area (Å²) in [4.78, 5) is 0. The summed E-state index contributed by atoms with van der Waals surface area (Å²) in [7, 11) is 0. The Labute approximate surface area is 169 Å². The number of rotatable bonds is 1. The van der Waals surface area contributed by atoms with Crippen LogP contribution >= 0.6 is 0 Å². The maximum atomic E-state index is 2.37. The van der Waals surface area contributed by atoms with Gasteiger partial charge in [-0.05, 0) is 60.7 Å². The summed E-state index contributed by atoms with van der Waals surface area (Å²) in [6.07, 6.45) is 0. The van der Waals surface area contributed by atoms with Gasteiger partial charge < -0.3 is 0 Å². The average molecular weight is 367 g/mol. The first-order chi connectivity index (χ1) is 13.2. The molecule has 0 saturated carbocycles. The van der Waals surface area contributed by atoms with Gasteiger partial charge in [-0.15, -0.1) is 0 Å². The molecule has 0 aromatic heterocycles. The van der Waals surface area contributed by atoms with Crippen LogP contribution in [0.2, 0.25) is 0 Å². The first-order valence-electron chi connectivity index (χ1n) is 10.2. The fourth-order valence-corrected chi connectivity index (χ4v) is 4.19. The quantitative estimate of drug-likeness (QED) is 0.297. The molecule has 0 spiro atoms. The molecule has 4 rings (SSSR count). The van der Waals surface area contributed by atoms with E-state index in [4.69, 9.17) is 0 Å². The van der Waals surface area contributed by atoms with Crippen molar-refractivity contribution < 1.29 is 0 Å². The maximum Gasteiger partial charge on any atom is -0.00267 e. The van der Waals surface area contributed by atoms with Crippen LogP contribution in [0, 0.1) is 0 Å². The van der Waals surface area contributed by atoms with E-state index in [1.54, 1.807) is 0 Å². The van der Waals surface area contributed by atoms with E-state index in [9.17, 15) is 0 Å². The first-order valence-corrected chi connectivity index (χ1v) is 10.2. The van der Waals surface area contributed by atoms with Crippen LogP contribution in [0.15, 0.2) is 72.8 Å². The molecule has 0 aliphatic heterocycles. The molecule has 0 atom stereocenters. The highest BCUT2D eigenvalue weighted by atomic mass is 14.2. The van der Waals surface area contributed by atoms with Gasteiger partial charge >= 0.3 is 0 Å². The highest BCUT2D eigenvalue weighted by Gasteiger charge is 2.20. The third-order valence-corrected chi connectivity index (χ3v) is 5.75. The molecule has 0 nitrogen and oxygen atoms in total. The molecular weight excluding hydrogens is 336 g/mol. The Morgan fingerprint density at radius 2 is 1.18 bits per heavy atom. The van der Waals surface area contributed by atoms with E-state index < -0.39 is 0 Å². The van der Waals surface area contributed by atoms with E-state index >= 15 is 0 Å². The molecule has 28 heavy (non-hydrogen) atoms. The minimum atomic E-state index is 0.106. The topological polar surface area (TPSA) is 0 Å². The zero-order valence-corrected chi connectivity index (χ0v) is 17.9. The lowest BCUT2D eigenvalue weighted by Gasteiger charge is -2.23. The molecule has 4 aromatic rings. The first kappa shape index (κ1) is 18.7. The lowest BCUT2D eigenvalue weighted by molar-refractivity contribution is 0.590. The highest BCUT2D eigenvalue weighted by molar-refractivity contribution is 6.13. The molecular formula is C28H30.